The van der Waals surface area contributed by atoms with Crippen LogP contribution in [0.4, 0.5) is 5.69 Å². The van der Waals surface area contributed by atoms with Gasteiger partial charge in [0.2, 0.25) is 5.91 Å². The van der Waals surface area contributed by atoms with Gasteiger partial charge in [0.05, 0.1) is 0 Å². The number of anilines is 1. The van der Waals surface area contributed by atoms with E-state index in [9.17, 15) is 4.79 Å². The first kappa shape index (κ1) is 14.8. The van der Waals surface area contributed by atoms with E-state index in [1.165, 1.54) is 17.1 Å². The van der Waals surface area contributed by atoms with Crippen molar-refractivity contribution >= 4 is 35.1 Å². The maximum absolute atomic E-state index is 12.0. The Morgan fingerprint density at radius 3 is 3.05 bits per heavy atom. The second-order valence-electron chi connectivity index (χ2n) is 4.55. The normalized spacial score (nSPS) is 19.1. The van der Waals surface area contributed by atoms with Gasteiger partial charge in [-0.2, -0.15) is 23.5 Å². The molecule has 2 rings (SSSR count). The standard InChI is InChI=1S/C14H20N2OS2/c1-15-9-11-3-2-4-12(7-11)16-14(17)8-13-10-18-5-6-19-13/h2-4,7,13,15H,5-6,8-10H2,1H3,(H,16,17). The molecule has 0 saturated carbocycles. The van der Waals surface area contributed by atoms with Gasteiger partial charge in [-0.25, -0.2) is 0 Å². The van der Waals surface area contributed by atoms with E-state index >= 15 is 0 Å². The lowest BCUT2D eigenvalue weighted by Crippen LogP contribution is -2.22. The number of hydrogen-bond acceptors (Lipinski definition) is 4. The molecular weight excluding hydrogens is 276 g/mol. The number of thioether (sulfide) groups is 2. The Kier molecular flexibility index (Phi) is 6.07. The summed E-state index contributed by atoms with van der Waals surface area (Å²) in [5, 5.41) is 6.58. The van der Waals surface area contributed by atoms with Gasteiger partial charge in [-0.15, -0.1) is 0 Å². The number of carbonyl (C=O) groups excluding carboxylic acids is 1. The highest BCUT2D eigenvalue weighted by molar-refractivity contribution is 8.06. The number of carbonyl (C=O) groups is 1. The van der Waals surface area contributed by atoms with Gasteiger partial charge in [0.15, 0.2) is 0 Å². The summed E-state index contributed by atoms with van der Waals surface area (Å²) in [7, 11) is 1.92. The molecular formula is C14H20N2OS2. The van der Waals surface area contributed by atoms with E-state index in [0.717, 1.165) is 18.0 Å². The summed E-state index contributed by atoms with van der Waals surface area (Å²) in [6, 6.07) is 8.00. The minimum absolute atomic E-state index is 0.126. The maximum atomic E-state index is 12.0. The molecule has 1 unspecified atom stereocenters. The molecule has 5 heteroatoms. The molecule has 1 aromatic rings. The van der Waals surface area contributed by atoms with Crippen LogP contribution in [0.1, 0.15) is 12.0 Å². The van der Waals surface area contributed by atoms with Crippen LogP contribution < -0.4 is 10.6 Å². The van der Waals surface area contributed by atoms with Crippen LogP contribution >= 0.6 is 23.5 Å². The van der Waals surface area contributed by atoms with E-state index in [2.05, 4.69) is 16.7 Å². The molecule has 1 atom stereocenters. The highest BCUT2D eigenvalue weighted by Crippen LogP contribution is 2.26. The smallest absolute Gasteiger partial charge is 0.225 e. The third-order valence-corrected chi connectivity index (χ3v) is 5.73. The molecule has 3 nitrogen and oxygen atoms in total. The monoisotopic (exact) mass is 296 g/mol. The number of hydrogen-bond donors (Lipinski definition) is 2. The molecule has 104 valence electrons. The summed E-state index contributed by atoms with van der Waals surface area (Å²) in [6.45, 7) is 0.818. The molecule has 1 aromatic carbocycles. The molecule has 0 aromatic heterocycles. The SMILES string of the molecule is CNCc1cccc(NC(=O)CC2CSCCS2)c1. The first-order valence-corrected chi connectivity index (χ1v) is 8.71. The maximum Gasteiger partial charge on any atom is 0.225 e. The van der Waals surface area contributed by atoms with Crippen molar-refractivity contribution in [2.24, 2.45) is 0 Å². The summed E-state index contributed by atoms with van der Waals surface area (Å²) in [5.41, 5.74) is 2.08. The quantitative estimate of drug-likeness (QED) is 0.876. The number of rotatable bonds is 5. The first-order chi connectivity index (χ1) is 9.28. The van der Waals surface area contributed by atoms with Crippen LogP contribution in [-0.4, -0.2) is 35.5 Å². The molecule has 0 aliphatic carbocycles. The molecule has 1 saturated heterocycles. The third kappa shape index (κ3) is 5.09. The van der Waals surface area contributed by atoms with Gasteiger partial charge >= 0.3 is 0 Å². The summed E-state index contributed by atoms with van der Waals surface area (Å²) < 4.78 is 0. The van der Waals surface area contributed by atoms with Crippen LogP contribution in [0.15, 0.2) is 24.3 Å². The van der Waals surface area contributed by atoms with Gasteiger partial charge in [-0.3, -0.25) is 4.79 Å². The van der Waals surface area contributed by atoms with Crippen molar-refractivity contribution in [3.8, 4) is 0 Å². The van der Waals surface area contributed by atoms with Gasteiger partial charge in [0.25, 0.3) is 0 Å². The highest BCUT2D eigenvalue weighted by Gasteiger charge is 2.17. The summed E-state index contributed by atoms with van der Waals surface area (Å²) in [4.78, 5) is 12.0. The summed E-state index contributed by atoms with van der Waals surface area (Å²) in [6.07, 6.45) is 0.619. The molecule has 1 aliphatic heterocycles. The second kappa shape index (κ2) is 7.82. The number of nitrogens with one attached hydrogen (secondary N) is 2. The Bertz CT molecular complexity index is 420. The lowest BCUT2D eigenvalue weighted by molar-refractivity contribution is -0.116. The van der Waals surface area contributed by atoms with E-state index in [0.29, 0.717) is 11.7 Å². The van der Waals surface area contributed by atoms with Crippen LogP contribution in [0.3, 0.4) is 0 Å². The average Bonchev–Trinajstić information content (AvgIpc) is 2.40. The van der Waals surface area contributed by atoms with Crippen molar-refractivity contribution in [1.82, 2.24) is 5.32 Å². The van der Waals surface area contributed by atoms with Gasteiger partial charge in [0, 0.05) is 41.2 Å². The molecule has 0 radical (unpaired) electrons. The van der Waals surface area contributed by atoms with Crippen molar-refractivity contribution in [2.75, 3.05) is 29.6 Å². The Balaban J connectivity index is 1.85. The Labute approximate surface area is 123 Å². The predicted octanol–water partition coefficient (Wildman–Crippen LogP) is 2.58. The molecule has 1 aliphatic rings. The van der Waals surface area contributed by atoms with Crippen LogP contribution in [0.2, 0.25) is 0 Å². The minimum Gasteiger partial charge on any atom is -0.326 e. The van der Waals surface area contributed by atoms with Crippen LogP contribution in [0.5, 0.6) is 0 Å². The van der Waals surface area contributed by atoms with E-state index in [1.54, 1.807) is 0 Å². The van der Waals surface area contributed by atoms with Gasteiger partial charge < -0.3 is 10.6 Å². The summed E-state index contributed by atoms with van der Waals surface area (Å²) in [5.74, 6) is 3.61. The first-order valence-electron chi connectivity index (χ1n) is 6.50. The van der Waals surface area contributed by atoms with Crippen molar-refractivity contribution in [1.29, 1.82) is 0 Å². The second-order valence-corrected chi connectivity index (χ2v) is 7.11. The molecule has 19 heavy (non-hydrogen) atoms. The van der Waals surface area contributed by atoms with Crippen LogP contribution in [-0.2, 0) is 11.3 Å². The Morgan fingerprint density at radius 2 is 2.32 bits per heavy atom. The van der Waals surface area contributed by atoms with Gasteiger partial charge in [0.1, 0.15) is 0 Å². The minimum atomic E-state index is 0.126. The van der Waals surface area contributed by atoms with Crippen molar-refractivity contribution < 1.29 is 4.79 Å². The third-order valence-electron chi connectivity index (χ3n) is 2.89. The van der Waals surface area contributed by atoms with Crippen LogP contribution in [0, 0.1) is 0 Å². The lowest BCUT2D eigenvalue weighted by Gasteiger charge is -2.20. The molecule has 2 N–H and O–H groups in total. The highest BCUT2D eigenvalue weighted by atomic mass is 32.2. The van der Waals surface area contributed by atoms with E-state index in [-0.39, 0.29) is 5.91 Å². The number of amides is 1. The average molecular weight is 296 g/mol. The fourth-order valence-corrected chi connectivity index (χ4v) is 4.72. The Morgan fingerprint density at radius 1 is 1.42 bits per heavy atom. The van der Waals surface area contributed by atoms with Gasteiger partial charge in [-0.1, -0.05) is 12.1 Å². The number of benzene rings is 1. The zero-order chi connectivity index (χ0) is 13.5. The topological polar surface area (TPSA) is 41.1 Å². The van der Waals surface area contributed by atoms with Gasteiger partial charge in [-0.05, 0) is 24.7 Å². The fraction of sp³-hybridized carbons (Fsp3) is 0.500. The van der Waals surface area contributed by atoms with Crippen molar-refractivity contribution in [2.45, 2.75) is 18.2 Å². The fourth-order valence-electron chi connectivity index (χ4n) is 2.04. The lowest BCUT2D eigenvalue weighted by atomic mass is 10.2. The summed E-state index contributed by atoms with van der Waals surface area (Å²) >= 11 is 3.87. The largest absolute Gasteiger partial charge is 0.326 e. The molecule has 0 spiro atoms. The Hall–Kier alpha value is -0.650. The van der Waals surface area contributed by atoms with E-state index < -0.39 is 0 Å². The van der Waals surface area contributed by atoms with E-state index in [1.807, 2.05) is 48.8 Å². The predicted molar refractivity (Wildman–Crippen MR) is 86.0 cm³/mol. The molecule has 1 heterocycles. The van der Waals surface area contributed by atoms with Crippen LogP contribution in [0.25, 0.3) is 0 Å². The van der Waals surface area contributed by atoms with Crippen molar-refractivity contribution in [3.63, 3.8) is 0 Å². The van der Waals surface area contributed by atoms with E-state index in [4.69, 9.17) is 0 Å². The zero-order valence-corrected chi connectivity index (χ0v) is 12.8. The van der Waals surface area contributed by atoms with Crippen molar-refractivity contribution in [3.05, 3.63) is 29.8 Å². The molecule has 0 bridgehead atoms. The zero-order valence-electron chi connectivity index (χ0n) is 11.1. The molecule has 1 fully saturated rings. The molecule has 1 amide bonds.